The number of amides is 2. The van der Waals surface area contributed by atoms with Gasteiger partial charge in [0.05, 0.1) is 23.9 Å². The molecular weight excluding hydrogens is 411 g/mol. The van der Waals surface area contributed by atoms with Crippen LogP contribution in [-0.2, 0) is 11.2 Å². The van der Waals surface area contributed by atoms with Gasteiger partial charge in [-0.15, -0.1) is 36.2 Å². The molecule has 1 saturated carbocycles. The third-order valence-electron chi connectivity index (χ3n) is 4.35. The summed E-state index contributed by atoms with van der Waals surface area (Å²) in [6, 6.07) is 2.08. The first kappa shape index (κ1) is 23.4. The van der Waals surface area contributed by atoms with E-state index in [1.54, 1.807) is 18.4 Å². The number of hydrogen-bond acceptors (Lipinski definition) is 6. The van der Waals surface area contributed by atoms with Crippen molar-refractivity contribution in [2.24, 2.45) is 5.73 Å². The molecule has 0 aromatic carbocycles. The highest BCUT2D eigenvalue weighted by Crippen LogP contribution is 2.19. The van der Waals surface area contributed by atoms with Crippen LogP contribution in [0, 0.1) is 6.92 Å². The molecule has 1 aliphatic carbocycles. The maximum atomic E-state index is 12.1. The van der Waals surface area contributed by atoms with Crippen LogP contribution in [0.2, 0.25) is 0 Å². The van der Waals surface area contributed by atoms with Gasteiger partial charge in [-0.2, -0.15) is 0 Å². The summed E-state index contributed by atoms with van der Waals surface area (Å²) >= 11 is 1.30. The number of nitrogens with one attached hydrogen (secondary N) is 2. The molecular formula is C17H24Cl2N4O3S. The van der Waals surface area contributed by atoms with Crippen LogP contribution < -0.4 is 16.4 Å². The van der Waals surface area contributed by atoms with E-state index in [0.717, 1.165) is 25.7 Å². The molecule has 2 amide bonds. The van der Waals surface area contributed by atoms with E-state index >= 15 is 0 Å². The first-order chi connectivity index (χ1) is 12.0. The molecule has 2 aromatic rings. The van der Waals surface area contributed by atoms with Gasteiger partial charge < -0.3 is 15.5 Å². The normalized spacial score (nSPS) is 18.7. The van der Waals surface area contributed by atoms with Gasteiger partial charge in [0.1, 0.15) is 5.76 Å². The van der Waals surface area contributed by atoms with E-state index in [9.17, 15) is 9.59 Å². The van der Waals surface area contributed by atoms with Crippen molar-refractivity contribution >= 4 is 53.1 Å². The van der Waals surface area contributed by atoms with Gasteiger partial charge in [0.25, 0.3) is 5.91 Å². The third kappa shape index (κ3) is 6.49. The zero-order chi connectivity index (χ0) is 17.8. The highest BCUT2D eigenvalue weighted by Gasteiger charge is 2.20. The van der Waals surface area contributed by atoms with E-state index < -0.39 is 0 Å². The molecule has 4 N–H and O–H groups in total. The Balaban J connectivity index is 0.00000182. The Morgan fingerprint density at radius 3 is 2.63 bits per heavy atom. The number of furan rings is 1. The predicted octanol–water partition coefficient (Wildman–Crippen LogP) is 3.07. The fourth-order valence-electron chi connectivity index (χ4n) is 2.94. The highest BCUT2D eigenvalue weighted by molar-refractivity contribution is 7.14. The summed E-state index contributed by atoms with van der Waals surface area (Å²) in [5.41, 5.74) is 7.00. The van der Waals surface area contributed by atoms with Gasteiger partial charge in [-0.3, -0.25) is 14.9 Å². The maximum Gasteiger partial charge on any atom is 0.260 e. The molecule has 0 saturated heterocycles. The SMILES string of the molecule is Cc1occc1C(=O)Nc1nc(CC(=O)NC2CCC(N)CC2)cs1.Cl.Cl. The maximum absolute atomic E-state index is 12.1. The fraction of sp³-hybridized carbons (Fsp3) is 0.471. The van der Waals surface area contributed by atoms with E-state index in [1.165, 1.54) is 17.6 Å². The van der Waals surface area contributed by atoms with Crippen LogP contribution in [0.4, 0.5) is 5.13 Å². The summed E-state index contributed by atoms with van der Waals surface area (Å²) in [5.74, 6) is 0.241. The standard InChI is InChI=1S/C17H22N4O3S.2ClH/c1-10-14(6-7-24-10)16(23)21-17-20-13(9-25-17)8-15(22)19-12-4-2-11(18)3-5-12;;/h6-7,9,11-12H,2-5,8,18H2,1H3,(H,19,22)(H,20,21,23);2*1H. The van der Waals surface area contributed by atoms with Gasteiger partial charge in [0, 0.05) is 17.5 Å². The average Bonchev–Trinajstić information content (AvgIpc) is 3.18. The zero-order valence-corrected chi connectivity index (χ0v) is 17.3. The molecule has 150 valence electrons. The molecule has 27 heavy (non-hydrogen) atoms. The summed E-state index contributed by atoms with van der Waals surface area (Å²) in [4.78, 5) is 28.6. The molecule has 1 aliphatic rings. The molecule has 10 heteroatoms. The monoisotopic (exact) mass is 434 g/mol. The number of nitrogens with zero attached hydrogens (tertiary/aromatic N) is 1. The van der Waals surface area contributed by atoms with Crippen LogP contribution in [0.25, 0.3) is 0 Å². The average molecular weight is 435 g/mol. The Bertz CT molecular complexity index is 757. The second-order valence-electron chi connectivity index (χ2n) is 6.34. The Kier molecular flexibility index (Phi) is 9.25. The molecule has 7 nitrogen and oxygen atoms in total. The van der Waals surface area contributed by atoms with Crippen molar-refractivity contribution in [3.8, 4) is 0 Å². The highest BCUT2D eigenvalue weighted by atomic mass is 35.5. The van der Waals surface area contributed by atoms with E-state index in [4.69, 9.17) is 10.2 Å². The van der Waals surface area contributed by atoms with Crippen LogP contribution in [0.1, 0.15) is 47.5 Å². The minimum atomic E-state index is -0.268. The van der Waals surface area contributed by atoms with Gasteiger partial charge in [0.15, 0.2) is 5.13 Å². The quantitative estimate of drug-likeness (QED) is 0.669. The van der Waals surface area contributed by atoms with E-state index in [0.29, 0.717) is 22.1 Å². The van der Waals surface area contributed by atoms with Crippen molar-refractivity contribution in [1.29, 1.82) is 0 Å². The van der Waals surface area contributed by atoms with Crippen LogP contribution >= 0.6 is 36.2 Å². The van der Waals surface area contributed by atoms with Crippen molar-refractivity contribution in [3.05, 3.63) is 34.7 Å². The molecule has 0 spiro atoms. The molecule has 0 unspecified atom stereocenters. The largest absolute Gasteiger partial charge is 0.469 e. The Morgan fingerprint density at radius 2 is 2.00 bits per heavy atom. The summed E-state index contributed by atoms with van der Waals surface area (Å²) < 4.78 is 5.12. The number of hydrogen-bond donors (Lipinski definition) is 3. The lowest BCUT2D eigenvalue weighted by molar-refractivity contribution is -0.121. The number of nitrogens with two attached hydrogens (primary N) is 1. The zero-order valence-electron chi connectivity index (χ0n) is 14.9. The van der Waals surface area contributed by atoms with Gasteiger partial charge in [-0.1, -0.05) is 0 Å². The summed E-state index contributed by atoms with van der Waals surface area (Å²) in [6.07, 6.45) is 5.43. The lowest BCUT2D eigenvalue weighted by Gasteiger charge is -2.26. The minimum Gasteiger partial charge on any atom is -0.469 e. The number of halogens is 2. The molecule has 3 rings (SSSR count). The Hall–Kier alpha value is -1.61. The summed E-state index contributed by atoms with van der Waals surface area (Å²) in [5, 5.41) is 8.02. The Morgan fingerprint density at radius 1 is 1.30 bits per heavy atom. The topological polar surface area (TPSA) is 110 Å². The van der Waals surface area contributed by atoms with Crippen LogP contribution in [0.5, 0.6) is 0 Å². The van der Waals surface area contributed by atoms with Gasteiger partial charge in [0.2, 0.25) is 5.91 Å². The number of anilines is 1. The second kappa shape index (κ2) is 10.7. The summed E-state index contributed by atoms with van der Waals surface area (Å²) in [6.45, 7) is 1.73. The number of aryl methyl sites for hydroxylation is 1. The van der Waals surface area contributed by atoms with Crippen LogP contribution in [0.3, 0.4) is 0 Å². The lowest BCUT2D eigenvalue weighted by atomic mass is 9.92. The number of rotatable bonds is 5. The van der Waals surface area contributed by atoms with Gasteiger partial charge >= 0.3 is 0 Å². The number of carbonyl (C=O) groups is 2. The molecule has 0 bridgehead atoms. The van der Waals surface area contributed by atoms with E-state index in [2.05, 4.69) is 15.6 Å². The van der Waals surface area contributed by atoms with Gasteiger partial charge in [-0.25, -0.2) is 4.98 Å². The van der Waals surface area contributed by atoms with Crippen molar-refractivity contribution in [1.82, 2.24) is 10.3 Å². The minimum absolute atomic E-state index is 0. The lowest BCUT2D eigenvalue weighted by Crippen LogP contribution is -2.41. The smallest absolute Gasteiger partial charge is 0.260 e. The van der Waals surface area contributed by atoms with Crippen LogP contribution in [0.15, 0.2) is 22.1 Å². The van der Waals surface area contributed by atoms with Crippen molar-refractivity contribution in [2.75, 3.05) is 5.32 Å². The second-order valence-corrected chi connectivity index (χ2v) is 7.20. The summed E-state index contributed by atoms with van der Waals surface area (Å²) in [7, 11) is 0. The fourth-order valence-corrected chi connectivity index (χ4v) is 3.64. The van der Waals surface area contributed by atoms with E-state index in [1.807, 2.05) is 0 Å². The van der Waals surface area contributed by atoms with E-state index in [-0.39, 0.29) is 55.1 Å². The molecule has 0 radical (unpaired) electrons. The molecule has 0 atom stereocenters. The number of carbonyl (C=O) groups excluding carboxylic acids is 2. The third-order valence-corrected chi connectivity index (χ3v) is 5.16. The van der Waals surface area contributed by atoms with Crippen molar-refractivity contribution < 1.29 is 14.0 Å². The first-order valence-electron chi connectivity index (χ1n) is 8.36. The molecule has 1 fully saturated rings. The molecule has 2 heterocycles. The van der Waals surface area contributed by atoms with Crippen molar-refractivity contribution in [3.63, 3.8) is 0 Å². The van der Waals surface area contributed by atoms with Crippen molar-refractivity contribution in [2.45, 2.75) is 51.1 Å². The van der Waals surface area contributed by atoms with Crippen LogP contribution in [-0.4, -0.2) is 28.9 Å². The number of thiazole rings is 1. The first-order valence-corrected chi connectivity index (χ1v) is 9.24. The molecule has 2 aromatic heterocycles. The predicted molar refractivity (Wildman–Crippen MR) is 110 cm³/mol. The Labute approximate surface area is 174 Å². The van der Waals surface area contributed by atoms with Gasteiger partial charge in [-0.05, 0) is 38.7 Å². The molecule has 0 aliphatic heterocycles. The number of aromatic nitrogens is 1.